The van der Waals surface area contributed by atoms with Gasteiger partial charge in [-0.3, -0.25) is 0 Å². The van der Waals surface area contributed by atoms with E-state index in [4.69, 9.17) is 9.60 Å². The summed E-state index contributed by atoms with van der Waals surface area (Å²) in [6.07, 6.45) is 0.869. The molecule has 2 aromatic rings. The third kappa shape index (κ3) is 1.50. The Balaban J connectivity index is 0.00000169. The summed E-state index contributed by atoms with van der Waals surface area (Å²) >= 11 is 0. The summed E-state index contributed by atoms with van der Waals surface area (Å²) in [5.41, 5.74) is 0.157. The fraction of sp³-hybridized carbons (Fsp3) is 0.333. The van der Waals surface area contributed by atoms with E-state index in [1.165, 1.54) is 0 Å². The molecular formula is C15H16ClN. The largest absolute Gasteiger partial charge is 0.316 e. The first-order chi connectivity index (χ1) is 10.8. The first kappa shape index (κ1) is 5.73. The summed E-state index contributed by atoms with van der Waals surface area (Å²) < 4.78 is 56.8. The second kappa shape index (κ2) is 3.72. The number of piperidine rings is 1. The zero-order valence-corrected chi connectivity index (χ0v) is 9.92. The van der Waals surface area contributed by atoms with E-state index in [1.54, 1.807) is 0 Å². The highest BCUT2D eigenvalue weighted by molar-refractivity contribution is 5.85. The Labute approximate surface area is 117 Å². The molecule has 0 aromatic heterocycles. The van der Waals surface area contributed by atoms with Crippen LogP contribution in [-0.4, -0.2) is 13.1 Å². The minimum absolute atomic E-state index is 0. The first-order valence-corrected chi connectivity index (χ1v) is 5.52. The molecule has 17 heavy (non-hydrogen) atoms. The normalized spacial score (nSPS) is 35.5. The molecule has 1 saturated heterocycles. The van der Waals surface area contributed by atoms with E-state index in [0.29, 0.717) is 18.0 Å². The van der Waals surface area contributed by atoms with Crippen molar-refractivity contribution in [2.75, 3.05) is 13.1 Å². The van der Waals surface area contributed by atoms with Gasteiger partial charge in [-0.05, 0) is 35.2 Å². The van der Waals surface area contributed by atoms with Crippen molar-refractivity contribution in [2.45, 2.75) is 11.8 Å². The Bertz CT molecular complexity index is 885. The Morgan fingerprint density at radius 3 is 2.71 bits per heavy atom. The molecule has 1 unspecified atom stereocenters. The molecule has 1 saturated carbocycles. The van der Waals surface area contributed by atoms with Gasteiger partial charge in [0, 0.05) is 12.0 Å². The Morgan fingerprint density at radius 2 is 2.00 bits per heavy atom. The summed E-state index contributed by atoms with van der Waals surface area (Å²) in [6, 6.07) is -1.74. The summed E-state index contributed by atoms with van der Waals surface area (Å²) in [5.74, 6) is 0.350. The van der Waals surface area contributed by atoms with Crippen LogP contribution in [0.1, 0.15) is 21.6 Å². The third-order valence-electron chi connectivity index (χ3n) is 3.81. The summed E-state index contributed by atoms with van der Waals surface area (Å²) in [4.78, 5) is 0. The third-order valence-corrected chi connectivity index (χ3v) is 3.81. The smallest absolute Gasteiger partial charge is 0.0632 e. The van der Waals surface area contributed by atoms with E-state index in [2.05, 4.69) is 5.32 Å². The number of halogens is 1. The lowest BCUT2D eigenvalue weighted by Crippen LogP contribution is -2.19. The Hall–Kier alpha value is -1.05. The molecule has 0 amide bonds. The second-order valence-corrected chi connectivity index (χ2v) is 4.69. The van der Waals surface area contributed by atoms with E-state index >= 15 is 0 Å². The van der Waals surface area contributed by atoms with E-state index in [1.807, 2.05) is 0 Å². The number of hydrogen-bond donors (Lipinski definition) is 1. The van der Waals surface area contributed by atoms with Gasteiger partial charge in [0.2, 0.25) is 0 Å². The average Bonchev–Trinajstić information content (AvgIpc) is 3.07. The molecule has 4 rings (SSSR count). The van der Waals surface area contributed by atoms with Gasteiger partial charge in [0.15, 0.2) is 0 Å². The molecule has 2 fully saturated rings. The molecule has 1 N–H and O–H groups in total. The van der Waals surface area contributed by atoms with Crippen molar-refractivity contribution < 1.29 is 9.60 Å². The fourth-order valence-corrected chi connectivity index (χ4v) is 2.76. The van der Waals surface area contributed by atoms with Gasteiger partial charge in [-0.15, -0.1) is 12.4 Å². The molecule has 88 valence electrons. The van der Waals surface area contributed by atoms with Crippen LogP contribution in [0.2, 0.25) is 0 Å². The molecule has 1 aliphatic heterocycles. The van der Waals surface area contributed by atoms with Crippen molar-refractivity contribution in [1.29, 1.82) is 0 Å². The van der Waals surface area contributed by atoms with Crippen LogP contribution in [0.15, 0.2) is 42.3 Å². The first-order valence-electron chi connectivity index (χ1n) is 9.02. The van der Waals surface area contributed by atoms with Crippen molar-refractivity contribution in [2.24, 2.45) is 5.92 Å². The molecule has 1 aliphatic carbocycles. The van der Waals surface area contributed by atoms with Crippen LogP contribution < -0.4 is 5.32 Å². The molecule has 2 atom stereocenters. The maximum Gasteiger partial charge on any atom is 0.0632 e. The number of fused-ring (bicyclic) bond motifs is 2. The average molecular weight is 253 g/mol. The van der Waals surface area contributed by atoms with Gasteiger partial charge in [-0.2, -0.15) is 0 Å². The zero-order valence-electron chi connectivity index (χ0n) is 16.1. The van der Waals surface area contributed by atoms with E-state index < -0.39 is 12.1 Å². The SMILES string of the molecule is Cl.[2H]c1c([2H])c([2H])c2c([2H])c(C34CNC[C@H]3C4)c([2H])c([2H])c2c1[2H]. The van der Waals surface area contributed by atoms with Gasteiger partial charge < -0.3 is 5.32 Å². The Morgan fingerprint density at radius 1 is 1.18 bits per heavy atom. The van der Waals surface area contributed by atoms with Gasteiger partial charge in [0.25, 0.3) is 0 Å². The van der Waals surface area contributed by atoms with Gasteiger partial charge in [0.05, 0.1) is 9.60 Å². The summed E-state index contributed by atoms with van der Waals surface area (Å²) in [5, 5.41) is 3.30. The van der Waals surface area contributed by atoms with E-state index in [9.17, 15) is 0 Å². The van der Waals surface area contributed by atoms with Crippen LogP contribution >= 0.6 is 12.4 Å². The van der Waals surface area contributed by atoms with Crippen LogP contribution in [0.4, 0.5) is 0 Å². The lowest BCUT2D eigenvalue weighted by Gasteiger charge is -2.13. The van der Waals surface area contributed by atoms with Crippen LogP contribution in [0.25, 0.3) is 10.8 Å². The molecule has 2 aromatic carbocycles. The predicted molar refractivity (Wildman–Crippen MR) is 73.9 cm³/mol. The standard InChI is InChI=1S/C15H15N.ClH/c1-2-4-12-7-13(6-5-11(12)3-1)15-8-14(15)9-16-10-15;/h1-7,14,16H,8-10H2;1H/t14-,15?;/m1./s1/i1D,2D,3D,4D,5D,6D,7D;. The van der Waals surface area contributed by atoms with Gasteiger partial charge >= 0.3 is 0 Å². The molecule has 1 nitrogen and oxygen atoms in total. The predicted octanol–water partition coefficient (Wildman–Crippen LogP) is 3.12. The highest BCUT2D eigenvalue weighted by atomic mass is 35.5. The van der Waals surface area contributed by atoms with E-state index in [0.717, 1.165) is 13.0 Å². The quantitative estimate of drug-likeness (QED) is 0.822. The van der Waals surface area contributed by atoms with Crippen LogP contribution in [0.3, 0.4) is 0 Å². The molecular weight excluding hydrogens is 230 g/mol. The van der Waals surface area contributed by atoms with Crippen molar-refractivity contribution in [1.82, 2.24) is 5.32 Å². The lowest BCUT2D eigenvalue weighted by molar-refractivity contribution is 0.676. The number of hydrogen-bond acceptors (Lipinski definition) is 1. The summed E-state index contributed by atoms with van der Waals surface area (Å²) in [7, 11) is 0. The number of rotatable bonds is 1. The lowest BCUT2D eigenvalue weighted by atomic mass is 9.93. The van der Waals surface area contributed by atoms with Gasteiger partial charge in [-0.1, -0.05) is 42.3 Å². The van der Waals surface area contributed by atoms with Crippen molar-refractivity contribution in [3.05, 3.63) is 47.9 Å². The summed E-state index contributed by atoms with van der Waals surface area (Å²) in [6.45, 7) is 1.49. The number of nitrogens with one attached hydrogen (secondary N) is 1. The second-order valence-electron chi connectivity index (χ2n) is 4.69. The molecule has 0 bridgehead atoms. The van der Waals surface area contributed by atoms with Crippen LogP contribution in [-0.2, 0) is 5.41 Å². The molecule has 2 aliphatic rings. The molecule has 0 spiro atoms. The van der Waals surface area contributed by atoms with Crippen molar-refractivity contribution >= 4 is 23.2 Å². The minimum atomic E-state index is -0.424. The minimum Gasteiger partial charge on any atom is -0.316 e. The van der Waals surface area contributed by atoms with E-state index in [-0.39, 0.29) is 58.8 Å². The highest BCUT2D eigenvalue weighted by Gasteiger charge is 2.57. The highest BCUT2D eigenvalue weighted by Crippen LogP contribution is 2.56. The van der Waals surface area contributed by atoms with Crippen LogP contribution in [0.5, 0.6) is 0 Å². The maximum absolute atomic E-state index is 8.52. The number of benzene rings is 2. The molecule has 1 heterocycles. The monoisotopic (exact) mass is 252 g/mol. The molecule has 2 heteroatoms. The fourth-order valence-electron chi connectivity index (χ4n) is 2.76. The maximum atomic E-state index is 8.52. The van der Waals surface area contributed by atoms with Gasteiger partial charge in [-0.25, -0.2) is 0 Å². The molecule has 0 radical (unpaired) electrons. The van der Waals surface area contributed by atoms with Crippen molar-refractivity contribution in [3.8, 4) is 0 Å². The Kier molecular flexibility index (Phi) is 1.25. The topological polar surface area (TPSA) is 12.0 Å². The van der Waals surface area contributed by atoms with Crippen molar-refractivity contribution in [3.63, 3.8) is 0 Å². The van der Waals surface area contributed by atoms with Crippen LogP contribution in [0, 0.1) is 5.92 Å². The zero-order chi connectivity index (χ0) is 16.7. The van der Waals surface area contributed by atoms with Gasteiger partial charge in [0.1, 0.15) is 0 Å².